The van der Waals surface area contributed by atoms with Crippen LogP contribution in [0.5, 0.6) is 0 Å². The molecule has 0 radical (unpaired) electrons. The summed E-state index contributed by atoms with van der Waals surface area (Å²) < 4.78 is 32.8. The lowest BCUT2D eigenvalue weighted by atomic mass is 10.1. The number of aryl methyl sites for hydroxylation is 1. The summed E-state index contributed by atoms with van der Waals surface area (Å²) in [6.45, 7) is 3.77. The van der Waals surface area contributed by atoms with Gasteiger partial charge in [-0.15, -0.1) is 0 Å². The molecule has 8 heteroatoms. The fraction of sp³-hybridized carbons (Fsp3) is 0.263. The van der Waals surface area contributed by atoms with Crippen molar-refractivity contribution in [3.05, 3.63) is 53.1 Å². The minimum absolute atomic E-state index is 0.0715. The van der Waals surface area contributed by atoms with Crippen LogP contribution in [0.15, 0.2) is 41.3 Å². The van der Waals surface area contributed by atoms with E-state index in [-0.39, 0.29) is 16.4 Å². The normalized spacial score (nSPS) is 13.2. The molecule has 0 aliphatic carbocycles. The fourth-order valence-electron chi connectivity index (χ4n) is 3.05. The van der Waals surface area contributed by atoms with Crippen molar-refractivity contribution in [2.75, 3.05) is 23.3 Å². The van der Waals surface area contributed by atoms with Crippen LogP contribution in [-0.2, 0) is 26.0 Å². The quantitative estimate of drug-likeness (QED) is 0.813. The van der Waals surface area contributed by atoms with Gasteiger partial charge in [0.1, 0.15) is 0 Å². The minimum Gasteiger partial charge on any atom is -0.465 e. The standard InChI is InChI=1S/C19H20N2O5S/c1-12-4-5-15(19(23)26-3)11-17(12)20-27(24,25)16-6-7-18-14(10-16)8-9-21(18)13(2)22/h4-7,10-11,20H,8-9H2,1-3H3. The van der Waals surface area contributed by atoms with Crippen LogP contribution < -0.4 is 9.62 Å². The molecule has 0 saturated carbocycles. The lowest BCUT2D eigenvalue weighted by Gasteiger charge is -2.15. The van der Waals surface area contributed by atoms with E-state index in [1.165, 1.54) is 26.2 Å². The number of carbonyl (C=O) groups excluding carboxylic acids is 2. The number of nitrogens with one attached hydrogen (secondary N) is 1. The molecule has 7 nitrogen and oxygen atoms in total. The highest BCUT2D eigenvalue weighted by atomic mass is 32.2. The van der Waals surface area contributed by atoms with Crippen LogP contribution in [0.3, 0.4) is 0 Å². The van der Waals surface area contributed by atoms with Crippen molar-refractivity contribution in [3.63, 3.8) is 0 Å². The van der Waals surface area contributed by atoms with Crippen LogP contribution in [0.25, 0.3) is 0 Å². The van der Waals surface area contributed by atoms with E-state index < -0.39 is 16.0 Å². The third-order valence-corrected chi connectivity index (χ3v) is 5.90. The number of nitrogens with zero attached hydrogens (tertiary/aromatic N) is 1. The van der Waals surface area contributed by atoms with E-state index in [0.717, 1.165) is 11.3 Å². The second-order valence-electron chi connectivity index (χ2n) is 6.34. The molecule has 0 atom stereocenters. The van der Waals surface area contributed by atoms with Crippen molar-refractivity contribution >= 4 is 33.3 Å². The van der Waals surface area contributed by atoms with Crippen molar-refractivity contribution in [2.24, 2.45) is 0 Å². The Morgan fingerprint density at radius 2 is 1.89 bits per heavy atom. The van der Waals surface area contributed by atoms with Crippen molar-refractivity contribution in [1.29, 1.82) is 0 Å². The summed E-state index contributed by atoms with van der Waals surface area (Å²) >= 11 is 0. The Kier molecular flexibility index (Phi) is 4.93. The van der Waals surface area contributed by atoms with Gasteiger partial charge in [0, 0.05) is 19.2 Å². The Morgan fingerprint density at radius 3 is 2.56 bits per heavy atom. The number of ether oxygens (including phenoxy) is 1. The van der Waals surface area contributed by atoms with E-state index in [0.29, 0.717) is 24.2 Å². The maximum atomic E-state index is 12.8. The number of hydrogen-bond acceptors (Lipinski definition) is 5. The number of benzene rings is 2. The highest BCUT2D eigenvalue weighted by Crippen LogP contribution is 2.31. The van der Waals surface area contributed by atoms with Crippen molar-refractivity contribution in [3.8, 4) is 0 Å². The molecule has 0 saturated heterocycles. The molecule has 0 fully saturated rings. The number of rotatable bonds is 4. The number of sulfonamides is 1. The Hall–Kier alpha value is -2.87. The SMILES string of the molecule is COC(=O)c1ccc(C)c(NS(=O)(=O)c2ccc3c(c2)CCN3C(C)=O)c1. The Labute approximate surface area is 158 Å². The Morgan fingerprint density at radius 1 is 1.15 bits per heavy atom. The van der Waals surface area contributed by atoms with Crippen molar-refractivity contribution in [1.82, 2.24) is 0 Å². The summed E-state index contributed by atoms with van der Waals surface area (Å²) in [5.41, 5.74) is 2.80. The molecule has 3 rings (SSSR count). The van der Waals surface area contributed by atoms with Crippen molar-refractivity contribution < 1.29 is 22.7 Å². The lowest BCUT2D eigenvalue weighted by molar-refractivity contribution is -0.116. The zero-order valence-electron chi connectivity index (χ0n) is 15.3. The van der Waals surface area contributed by atoms with Gasteiger partial charge < -0.3 is 9.64 Å². The smallest absolute Gasteiger partial charge is 0.337 e. The zero-order valence-corrected chi connectivity index (χ0v) is 16.1. The van der Waals surface area contributed by atoms with Crippen LogP contribution in [-0.4, -0.2) is 33.9 Å². The molecule has 142 valence electrons. The average Bonchev–Trinajstić information content (AvgIpc) is 3.06. The van der Waals surface area contributed by atoms with Gasteiger partial charge in [-0.25, -0.2) is 13.2 Å². The molecule has 1 amide bonds. The number of fused-ring (bicyclic) bond motifs is 1. The van der Waals surface area contributed by atoms with Gasteiger partial charge in [-0.1, -0.05) is 6.07 Å². The van der Waals surface area contributed by atoms with Crippen LogP contribution in [0.1, 0.15) is 28.4 Å². The molecule has 0 unspecified atom stereocenters. The molecule has 0 bridgehead atoms. The van der Waals surface area contributed by atoms with E-state index >= 15 is 0 Å². The van der Waals surface area contributed by atoms with Gasteiger partial charge in [-0.3, -0.25) is 9.52 Å². The molecular formula is C19H20N2O5S. The Balaban J connectivity index is 1.92. The monoisotopic (exact) mass is 388 g/mol. The largest absolute Gasteiger partial charge is 0.465 e. The minimum atomic E-state index is -3.85. The van der Waals surface area contributed by atoms with Gasteiger partial charge in [0.15, 0.2) is 0 Å². The van der Waals surface area contributed by atoms with Gasteiger partial charge in [0.2, 0.25) is 5.91 Å². The molecule has 0 aromatic heterocycles. The summed E-state index contributed by atoms with van der Waals surface area (Å²) in [6, 6.07) is 9.38. The molecule has 1 aliphatic rings. The second kappa shape index (κ2) is 7.03. The summed E-state index contributed by atoms with van der Waals surface area (Å²) in [6.07, 6.45) is 0.606. The predicted octanol–water partition coefficient (Wildman–Crippen LogP) is 2.49. The maximum Gasteiger partial charge on any atom is 0.337 e. The van der Waals surface area contributed by atoms with Gasteiger partial charge in [0.25, 0.3) is 10.0 Å². The topological polar surface area (TPSA) is 92.8 Å². The summed E-state index contributed by atoms with van der Waals surface area (Å²) in [4.78, 5) is 25.1. The Bertz CT molecular complexity index is 1030. The van der Waals surface area contributed by atoms with E-state index in [9.17, 15) is 18.0 Å². The van der Waals surface area contributed by atoms with Crippen LogP contribution >= 0.6 is 0 Å². The van der Waals surface area contributed by atoms with E-state index in [1.807, 2.05) is 0 Å². The first-order valence-electron chi connectivity index (χ1n) is 8.36. The highest BCUT2D eigenvalue weighted by Gasteiger charge is 2.25. The van der Waals surface area contributed by atoms with E-state index in [4.69, 9.17) is 0 Å². The van der Waals surface area contributed by atoms with Gasteiger partial charge in [0.05, 0.1) is 23.3 Å². The van der Waals surface area contributed by atoms with Crippen LogP contribution in [0.2, 0.25) is 0 Å². The number of hydrogen-bond donors (Lipinski definition) is 1. The summed E-state index contributed by atoms with van der Waals surface area (Å²) in [7, 11) is -2.59. The molecule has 2 aromatic carbocycles. The summed E-state index contributed by atoms with van der Waals surface area (Å²) in [5, 5.41) is 0. The average molecular weight is 388 g/mol. The third kappa shape index (κ3) is 3.66. The molecule has 1 aliphatic heterocycles. The number of carbonyl (C=O) groups is 2. The molecule has 1 heterocycles. The molecule has 2 aromatic rings. The van der Waals surface area contributed by atoms with Gasteiger partial charge >= 0.3 is 5.97 Å². The molecule has 1 N–H and O–H groups in total. The van der Waals surface area contributed by atoms with Crippen molar-refractivity contribution in [2.45, 2.75) is 25.2 Å². The van der Waals surface area contributed by atoms with Gasteiger partial charge in [-0.05, 0) is 54.8 Å². The number of methoxy groups -OCH3 is 1. The first-order chi connectivity index (χ1) is 12.7. The number of esters is 1. The molecule has 27 heavy (non-hydrogen) atoms. The number of amides is 1. The van der Waals surface area contributed by atoms with E-state index in [2.05, 4.69) is 9.46 Å². The van der Waals surface area contributed by atoms with E-state index in [1.54, 1.807) is 36.1 Å². The zero-order chi connectivity index (χ0) is 19.8. The van der Waals surface area contributed by atoms with Crippen LogP contribution in [0, 0.1) is 6.92 Å². The number of anilines is 2. The molecular weight excluding hydrogens is 368 g/mol. The summed E-state index contributed by atoms with van der Waals surface area (Å²) in [5.74, 6) is -0.616. The first kappa shape index (κ1) is 18.9. The predicted molar refractivity (Wildman–Crippen MR) is 102 cm³/mol. The second-order valence-corrected chi connectivity index (χ2v) is 8.02. The first-order valence-corrected chi connectivity index (χ1v) is 9.84. The highest BCUT2D eigenvalue weighted by molar-refractivity contribution is 7.92. The maximum absolute atomic E-state index is 12.8. The lowest BCUT2D eigenvalue weighted by Crippen LogP contribution is -2.25. The van der Waals surface area contributed by atoms with Crippen LogP contribution in [0.4, 0.5) is 11.4 Å². The fourth-order valence-corrected chi connectivity index (χ4v) is 4.22. The third-order valence-electron chi connectivity index (χ3n) is 4.54. The van der Waals surface area contributed by atoms with Gasteiger partial charge in [-0.2, -0.15) is 0 Å². The molecule has 0 spiro atoms.